The van der Waals surface area contributed by atoms with Gasteiger partial charge in [0.1, 0.15) is 18.4 Å². The van der Waals surface area contributed by atoms with Gasteiger partial charge in [-0.1, -0.05) is 30.3 Å². The van der Waals surface area contributed by atoms with E-state index in [9.17, 15) is 18.3 Å². The number of fused-ring (bicyclic) bond motifs is 1. The molecule has 0 amide bonds. The van der Waals surface area contributed by atoms with Gasteiger partial charge in [-0.15, -0.1) is 0 Å². The van der Waals surface area contributed by atoms with Crippen molar-refractivity contribution in [3.63, 3.8) is 0 Å². The monoisotopic (exact) mass is 443 g/mol. The van der Waals surface area contributed by atoms with E-state index in [1.54, 1.807) is 6.20 Å². The fourth-order valence-corrected chi connectivity index (χ4v) is 4.79. The first-order valence-corrected chi connectivity index (χ1v) is 11.9. The van der Waals surface area contributed by atoms with Crippen molar-refractivity contribution in [3.05, 3.63) is 65.9 Å². The smallest absolute Gasteiger partial charge is 0.325 e. The standard InChI is InChI=1S/C22H25N3O5S/c1-31(28,29)25-11-9-24(10-12-25)21(22(26)27)19-14-23-20-13-17(7-8-18(19)20)30-15-16-5-3-2-4-6-16/h2-8,13-14,21,23H,9-12,15H2,1H3,(H,26,27). The lowest BCUT2D eigenvalue weighted by Gasteiger charge is -2.36. The summed E-state index contributed by atoms with van der Waals surface area (Å²) in [7, 11) is -3.27. The molecule has 0 aliphatic carbocycles. The average molecular weight is 444 g/mol. The van der Waals surface area contributed by atoms with E-state index in [-0.39, 0.29) is 13.1 Å². The van der Waals surface area contributed by atoms with Crippen LogP contribution in [0, 0.1) is 0 Å². The zero-order valence-electron chi connectivity index (χ0n) is 17.2. The minimum atomic E-state index is -3.27. The Labute approximate surface area is 181 Å². The van der Waals surface area contributed by atoms with Gasteiger partial charge in [0.05, 0.1) is 6.26 Å². The summed E-state index contributed by atoms with van der Waals surface area (Å²) in [4.78, 5) is 17.1. The normalized spacial score (nSPS) is 16.9. The van der Waals surface area contributed by atoms with Gasteiger partial charge in [-0.2, -0.15) is 4.31 Å². The van der Waals surface area contributed by atoms with Crippen molar-refractivity contribution in [2.45, 2.75) is 12.6 Å². The van der Waals surface area contributed by atoms with Gasteiger partial charge in [-0.3, -0.25) is 9.69 Å². The summed E-state index contributed by atoms with van der Waals surface area (Å²) in [5.41, 5.74) is 2.51. The molecular formula is C22H25N3O5S. The predicted octanol–water partition coefficient (Wildman–Crippen LogP) is 2.45. The molecule has 164 valence electrons. The lowest BCUT2D eigenvalue weighted by atomic mass is 10.0. The van der Waals surface area contributed by atoms with Gasteiger partial charge in [0, 0.05) is 54.9 Å². The average Bonchev–Trinajstić information content (AvgIpc) is 3.15. The highest BCUT2D eigenvalue weighted by molar-refractivity contribution is 7.88. The van der Waals surface area contributed by atoms with Crippen molar-refractivity contribution in [3.8, 4) is 5.75 Å². The molecule has 4 rings (SSSR count). The summed E-state index contributed by atoms with van der Waals surface area (Å²) in [6.45, 7) is 1.72. The van der Waals surface area contributed by atoms with E-state index < -0.39 is 22.0 Å². The Morgan fingerprint density at radius 1 is 1.13 bits per heavy atom. The molecule has 0 saturated carbocycles. The van der Waals surface area contributed by atoms with Gasteiger partial charge >= 0.3 is 5.97 Å². The van der Waals surface area contributed by atoms with Crippen molar-refractivity contribution < 1.29 is 23.1 Å². The molecule has 1 unspecified atom stereocenters. The number of carbonyl (C=O) groups is 1. The van der Waals surface area contributed by atoms with Crippen LogP contribution in [0.1, 0.15) is 17.2 Å². The summed E-state index contributed by atoms with van der Waals surface area (Å²) >= 11 is 0. The molecule has 2 aromatic carbocycles. The summed E-state index contributed by atoms with van der Waals surface area (Å²) < 4.78 is 30.8. The van der Waals surface area contributed by atoms with Crippen molar-refractivity contribution in [2.24, 2.45) is 0 Å². The molecule has 1 aromatic heterocycles. The molecule has 0 bridgehead atoms. The fraction of sp³-hybridized carbons (Fsp3) is 0.318. The largest absolute Gasteiger partial charge is 0.489 e. The Hall–Kier alpha value is -2.88. The van der Waals surface area contributed by atoms with Crippen LogP contribution in [0.4, 0.5) is 0 Å². The maximum atomic E-state index is 12.1. The van der Waals surface area contributed by atoms with Crippen LogP contribution < -0.4 is 4.74 Å². The van der Waals surface area contributed by atoms with E-state index in [4.69, 9.17) is 4.74 Å². The van der Waals surface area contributed by atoms with E-state index in [1.807, 2.05) is 53.4 Å². The van der Waals surface area contributed by atoms with E-state index in [2.05, 4.69) is 4.98 Å². The summed E-state index contributed by atoms with van der Waals surface area (Å²) in [6, 6.07) is 14.6. The molecule has 1 aliphatic heterocycles. The first-order chi connectivity index (χ1) is 14.8. The van der Waals surface area contributed by atoms with Gasteiger partial charge in [0.25, 0.3) is 0 Å². The number of aromatic amines is 1. The Kier molecular flexibility index (Phi) is 5.99. The first-order valence-electron chi connectivity index (χ1n) is 10.0. The maximum absolute atomic E-state index is 12.1. The van der Waals surface area contributed by atoms with Gasteiger partial charge in [0.2, 0.25) is 10.0 Å². The Morgan fingerprint density at radius 2 is 1.84 bits per heavy atom. The van der Waals surface area contributed by atoms with Crippen molar-refractivity contribution in [2.75, 3.05) is 32.4 Å². The number of ether oxygens (including phenoxy) is 1. The molecule has 0 spiro atoms. The highest BCUT2D eigenvalue weighted by Crippen LogP contribution is 2.31. The zero-order valence-corrected chi connectivity index (χ0v) is 18.0. The van der Waals surface area contributed by atoms with E-state index in [1.165, 1.54) is 10.6 Å². The number of sulfonamides is 1. The number of benzene rings is 2. The molecular weight excluding hydrogens is 418 g/mol. The van der Waals surface area contributed by atoms with E-state index in [0.29, 0.717) is 31.0 Å². The highest BCUT2D eigenvalue weighted by atomic mass is 32.2. The fourth-order valence-electron chi connectivity index (χ4n) is 3.96. The number of hydrogen-bond donors (Lipinski definition) is 2. The third-order valence-corrected chi connectivity index (χ3v) is 6.87. The number of carboxylic acid groups (broad SMARTS) is 1. The minimum Gasteiger partial charge on any atom is -0.489 e. The Morgan fingerprint density at radius 3 is 2.48 bits per heavy atom. The van der Waals surface area contributed by atoms with Crippen LogP contribution in [0.3, 0.4) is 0 Å². The molecule has 2 heterocycles. The van der Waals surface area contributed by atoms with Gasteiger partial charge < -0.3 is 14.8 Å². The molecule has 3 aromatic rings. The summed E-state index contributed by atoms with van der Waals surface area (Å²) in [5.74, 6) is -0.267. The second kappa shape index (κ2) is 8.70. The third-order valence-electron chi connectivity index (χ3n) is 5.57. The van der Waals surface area contributed by atoms with Crippen molar-refractivity contribution in [1.29, 1.82) is 0 Å². The predicted molar refractivity (Wildman–Crippen MR) is 117 cm³/mol. The quantitative estimate of drug-likeness (QED) is 0.582. The van der Waals surface area contributed by atoms with Crippen LogP contribution in [0.15, 0.2) is 54.7 Å². The topological polar surface area (TPSA) is 103 Å². The lowest BCUT2D eigenvalue weighted by molar-refractivity contribution is -0.144. The number of nitrogens with zero attached hydrogens (tertiary/aromatic N) is 2. The first kappa shape index (κ1) is 21.4. The maximum Gasteiger partial charge on any atom is 0.325 e. The van der Waals surface area contributed by atoms with Crippen LogP contribution in [0.25, 0.3) is 10.9 Å². The summed E-state index contributed by atoms with van der Waals surface area (Å²) in [5, 5.41) is 10.7. The third kappa shape index (κ3) is 4.73. The number of aromatic nitrogens is 1. The SMILES string of the molecule is CS(=O)(=O)N1CCN(C(C(=O)O)c2c[nH]c3cc(OCc4ccccc4)ccc23)CC1. The lowest BCUT2D eigenvalue weighted by Crippen LogP contribution is -2.50. The van der Waals surface area contributed by atoms with Crippen LogP contribution >= 0.6 is 0 Å². The summed E-state index contributed by atoms with van der Waals surface area (Å²) in [6.07, 6.45) is 2.89. The molecule has 8 nitrogen and oxygen atoms in total. The molecule has 1 atom stereocenters. The van der Waals surface area contributed by atoms with Crippen LogP contribution in [0.5, 0.6) is 5.75 Å². The molecule has 1 fully saturated rings. The molecule has 0 radical (unpaired) electrons. The van der Waals surface area contributed by atoms with Crippen molar-refractivity contribution in [1.82, 2.24) is 14.2 Å². The van der Waals surface area contributed by atoms with Crippen molar-refractivity contribution >= 4 is 26.9 Å². The number of rotatable bonds is 7. The zero-order chi connectivity index (χ0) is 22.0. The van der Waals surface area contributed by atoms with Crippen LogP contribution in [-0.2, 0) is 21.4 Å². The number of carboxylic acids is 1. The number of piperazine rings is 1. The molecule has 31 heavy (non-hydrogen) atoms. The molecule has 1 saturated heterocycles. The van der Waals surface area contributed by atoms with Crippen LogP contribution in [-0.4, -0.2) is 66.1 Å². The van der Waals surface area contributed by atoms with Gasteiger partial charge in [0.15, 0.2) is 0 Å². The number of nitrogens with one attached hydrogen (secondary N) is 1. The second-order valence-electron chi connectivity index (χ2n) is 7.66. The van der Waals surface area contributed by atoms with E-state index >= 15 is 0 Å². The number of hydrogen-bond acceptors (Lipinski definition) is 5. The van der Waals surface area contributed by atoms with E-state index in [0.717, 1.165) is 16.5 Å². The van der Waals surface area contributed by atoms with Gasteiger partial charge in [-0.05, 0) is 17.7 Å². The van der Waals surface area contributed by atoms with Gasteiger partial charge in [-0.25, -0.2) is 8.42 Å². The number of H-pyrrole nitrogens is 1. The Bertz CT molecular complexity index is 1170. The Balaban J connectivity index is 1.52. The minimum absolute atomic E-state index is 0.280. The number of aliphatic carboxylic acids is 1. The molecule has 2 N–H and O–H groups in total. The highest BCUT2D eigenvalue weighted by Gasteiger charge is 2.33. The molecule has 9 heteroatoms. The second-order valence-corrected chi connectivity index (χ2v) is 9.65. The molecule has 1 aliphatic rings. The van der Waals surface area contributed by atoms with Crippen LogP contribution in [0.2, 0.25) is 0 Å².